The zero-order valence-corrected chi connectivity index (χ0v) is 9.19. The van der Waals surface area contributed by atoms with Gasteiger partial charge < -0.3 is 10.2 Å². The number of hydrogen-bond donors (Lipinski definition) is 3. The van der Waals surface area contributed by atoms with Crippen LogP contribution in [0.15, 0.2) is 23.4 Å². The van der Waals surface area contributed by atoms with Gasteiger partial charge in [0.15, 0.2) is 0 Å². The van der Waals surface area contributed by atoms with Crippen LogP contribution in [0.1, 0.15) is 0 Å². The van der Waals surface area contributed by atoms with Gasteiger partial charge in [-0.15, -0.1) is 0 Å². The lowest BCUT2D eigenvalue weighted by Gasteiger charge is -2.11. The van der Waals surface area contributed by atoms with Crippen LogP contribution in [0.4, 0.5) is 4.39 Å². The summed E-state index contributed by atoms with van der Waals surface area (Å²) in [6.45, 7) is -0.919. The minimum absolute atomic E-state index is 0.516. The fraction of sp³-hybridized carbons (Fsp3) is 0.250. The fourth-order valence-electron chi connectivity index (χ4n) is 0.960. The number of aliphatic hydroxyl groups is 1. The van der Waals surface area contributed by atoms with Crippen molar-refractivity contribution in [3.63, 3.8) is 0 Å². The predicted octanol–water partition coefficient (Wildman–Crippen LogP) is -1.06. The van der Waals surface area contributed by atoms with Gasteiger partial charge in [-0.25, -0.2) is 12.8 Å². The number of halogens is 1. The maximum atomic E-state index is 12.8. The van der Waals surface area contributed by atoms with Crippen molar-refractivity contribution in [1.29, 1.82) is 0 Å². The summed E-state index contributed by atoms with van der Waals surface area (Å²) in [6.07, 6.45) is 1.67. The number of sulfonamides is 1. The highest BCUT2D eigenvalue weighted by atomic mass is 32.2. The number of carboxylic acid groups (broad SMARTS) is 1. The van der Waals surface area contributed by atoms with Gasteiger partial charge in [-0.05, 0) is 6.07 Å². The van der Waals surface area contributed by atoms with E-state index in [4.69, 9.17) is 10.2 Å². The summed E-state index contributed by atoms with van der Waals surface area (Å²) >= 11 is 0. The zero-order valence-electron chi connectivity index (χ0n) is 8.37. The van der Waals surface area contributed by atoms with Gasteiger partial charge in [0.2, 0.25) is 10.0 Å². The highest BCUT2D eigenvalue weighted by molar-refractivity contribution is 7.89. The summed E-state index contributed by atoms with van der Waals surface area (Å²) in [4.78, 5) is 13.3. The quantitative estimate of drug-likeness (QED) is 0.624. The van der Waals surface area contributed by atoms with Crippen LogP contribution in [0.2, 0.25) is 0 Å². The molecule has 0 amide bonds. The Balaban J connectivity index is 3.00. The molecule has 3 N–H and O–H groups in total. The van der Waals surface area contributed by atoms with E-state index in [1.165, 1.54) is 0 Å². The first kappa shape index (κ1) is 13.5. The molecular weight excluding hydrogens is 255 g/mol. The molecule has 1 heterocycles. The standard InChI is InChI=1S/C8H9FN2O5S/c9-5-1-6(3-10-2-5)17(15,16)11-7(4-12)8(13)14/h1-3,7,11-12H,4H2,(H,13,14). The number of aliphatic carboxylic acids is 1. The van der Waals surface area contributed by atoms with E-state index in [1.54, 1.807) is 4.72 Å². The third kappa shape index (κ3) is 3.44. The molecule has 0 saturated heterocycles. The summed E-state index contributed by atoms with van der Waals surface area (Å²) in [7, 11) is -4.23. The van der Waals surface area contributed by atoms with Crippen molar-refractivity contribution in [3.05, 3.63) is 24.3 Å². The van der Waals surface area contributed by atoms with Gasteiger partial charge in [-0.1, -0.05) is 0 Å². The molecule has 9 heteroatoms. The minimum atomic E-state index is -4.23. The number of pyridine rings is 1. The Labute approximate surface area is 96.0 Å². The summed E-state index contributed by atoms with van der Waals surface area (Å²) < 4.78 is 37.6. The first-order valence-electron chi connectivity index (χ1n) is 4.33. The number of carbonyl (C=O) groups is 1. The Morgan fingerprint density at radius 2 is 2.18 bits per heavy atom. The lowest BCUT2D eigenvalue weighted by atomic mass is 10.3. The summed E-state index contributed by atoms with van der Waals surface area (Å²) in [6, 6.07) is -1.01. The number of nitrogens with zero attached hydrogens (tertiary/aromatic N) is 1. The van der Waals surface area contributed by atoms with Crippen LogP contribution in [-0.2, 0) is 14.8 Å². The van der Waals surface area contributed by atoms with Gasteiger partial charge in [-0.3, -0.25) is 9.78 Å². The molecule has 0 saturated carbocycles. The van der Waals surface area contributed by atoms with Crippen LogP contribution in [0, 0.1) is 5.82 Å². The van der Waals surface area contributed by atoms with E-state index < -0.39 is 39.4 Å². The van der Waals surface area contributed by atoms with Crippen LogP contribution in [0.25, 0.3) is 0 Å². The molecule has 0 aliphatic rings. The van der Waals surface area contributed by atoms with Crippen LogP contribution < -0.4 is 4.72 Å². The van der Waals surface area contributed by atoms with Crippen molar-refractivity contribution in [2.75, 3.05) is 6.61 Å². The molecule has 0 radical (unpaired) electrons. The molecule has 1 rings (SSSR count). The molecule has 0 spiro atoms. The van der Waals surface area contributed by atoms with Crippen LogP contribution in [0.5, 0.6) is 0 Å². The lowest BCUT2D eigenvalue weighted by molar-refractivity contribution is -0.139. The van der Waals surface area contributed by atoms with E-state index in [9.17, 15) is 17.6 Å². The van der Waals surface area contributed by atoms with Crippen LogP contribution in [-0.4, -0.2) is 42.2 Å². The Morgan fingerprint density at radius 3 is 2.65 bits per heavy atom. The second-order valence-electron chi connectivity index (χ2n) is 3.03. The number of aliphatic hydroxyl groups excluding tert-OH is 1. The molecule has 17 heavy (non-hydrogen) atoms. The first-order chi connectivity index (χ1) is 7.86. The molecule has 1 atom stereocenters. The Bertz CT molecular complexity index is 518. The molecule has 1 unspecified atom stereocenters. The molecule has 0 bridgehead atoms. The highest BCUT2D eigenvalue weighted by Crippen LogP contribution is 2.09. The second kappa shape index (κ2) is 5.17. The van der Waals surface area contributed by atoms with Crippen LogP contribution in [0.3, 0.4) is 0 Å². The fourth-order valence-corrected chi connectivity index (χ4v) is 2.11. The summed E-state index contributed by atoms with van der Waals surface area (Å²) in [5.74, 6) is -2.41. The molecule has 0 aliphatic carbocycles. The van der Waals surface area contributed by atoms with E-state index in [0.29, 0.717) is 6.07 Å². The van der Waals surface area contributed by atoms with Crippen molar-refractivity contribution >= 4 is 16.0 Å². The number of hydrogen-bond acceptors (Lipinski definition) is 5. The Hall–Kier alpha value is -1.58. The Kier molecular flexibility index (Phi) is 4.10. The molecule has 0 fully saturated rings. The van der Waals surface area contributed by atoms with Crippen LogP contribution >= 0.6 is 0 Å². The maximum Gasteiger partial charge on any atom is 0.324 e. The van der Waals surface area contributed by atoms with Crippen molar-refractivity contribution in [2.45, 2.75) is 10.9 Å². The number of nitrogens with one attached hydrogen (secondary N) is 1. The monoisotopic (exact) mass is 264 g/mol. The second-order valence-corrected chi connectivity index (χ2v) is 4.75. The minimum Gasteiger partial charge on any atom is -0.480 e. The van der Waals surface area contributed by atoms with Gasteiger partial charge in [0.25, 0.3) is 0 Å². The predicted molar refractivity (Wildman–Crippen MR) is 53.0 cm³/mol. The highest BCUT2D eigenvalue weighted by Gasteiger charge is 2.25. The number of carboxylic acids is 1. The molecular formula is C8H9FN2O5S. The third-order valence-corrected chi connectivity index (χ3v) is 3.21. The topological polar surface area (TPSA) is 117 Å². The molecule has 1 aromatic rings. The number of rotatable bonds is 5. The SMILES string of the molecule is O=C(O)C(CO)NS(=O)(=O)c1cncc(F)c1. The van der Waals surface area contributed by atoms with Crippen molar-refractivity contribution in [2.24, 2.45) is 0 Å². The molecule has 0 aliphatic heterocycles. The van der Waals surface area contributed by atoms with E-state index in [-0.39, 0.29) is 0 Å². The Morgan fingerprint density at radius 1 is 1.53 bits per heavy atom. The maximum absolute atomic E-state index is 12.8. The van der Waals surface area contributed by atoms with Gasteiger partial charge >= 0.3 is 5.97 Å². The van der Waals surface area contributed by atoms with Crippen molar-refractivity contribution in [1.82, 2.24) is 9.71 Å². The average Bonchev–Trinajstić information content (AvgIpc) is 2.25. The number of aromatic nitrogens is 1. The van der Waals surface area contributed by atoms with Crippen molar-refractivity contribution < 1.29 is 27.8 Å². The molecule has 0 aromatic carbocycles. The first-order valence-corrected chi connectivity index (χ1v) is 5.81. The van der Waals surface area contributed by atoms with E-state index in [2.05, 4.69) is 4.98 Å². The normalized spacial score (nSPS) is 13.3. The van der Waals surface area contributed by atoms with Gasteiger partial charge in [0.1, 0.15) is 16.8 Å². The summed E-state index contributed by atoms with van der Waals surface area (Å²) in [5.41, 5.74) is 0. The molecule has 7 nitrogen and oxygen atoms in total. The zero-order chi connectivity index (χ0) is 13.1. The van der Waals surface area contributed by atoms with Crippen molar-refractivity contribution in [3.8, 4) is 0 Å². The molecule has 94 valence electrons. The molecule has 1 aromatic heterocycles. The van der Waals surface area contributed by atoms with E-state index in [1.807, 2.05) is 0 Å². The largest absolute Gasteiger partial charge is 0.480 e. The van der Waals surface area contributed by atoms with Gasteiger partial charge in [-0.2, -0.15) is 4.72 Å². The summed E-state index contributed by atoms with van der Waals surface area (Å²) in [5, 5.41) is 17.2. The van der Waals surface area contributed by atoms with Gasteiger partial charge in [0.05, 0.1) is 12.8 Å². The lowest BCUT2D eigenvalue weighted by Crippen LogP contribution is -2.43. The average molecular weight is 264 g/mol. The smallest absolute Gasteiger partial charge is 0.324 e. The van der Waals surface area contributed by atoms with E-state index in [0.717, 1.165) is 12.4 Å². The van der Waals surface area contributed by atoms with Gasteiger partial charge in [0, 0.05) is 6.20 Å². The van der Waals surface area contributed by atoms with E-state index >= 15 is 0 Å². The third-order valence-electron chi connectivity index (χ3n) is 1.77.